The van der Waals surface area contributed by atoms with E-state index in [1.54, 1.807) is 13.8 Å². The van der Waals surface area contributed by atoms with Crippen molar-refractivity contribution in [3.05, 3.63) is 0 Å². The summed E-state index contributed by atoms with van der Waals surface area (Å²) in [6.07, 6.45) is -0.0887. The summed E-state index contributed by atoms with van der Waals surface area (Å²) in [5.74, 6) is -1.62. The van der Waals surface area contributed by atoms with E-state index in [0.717, 1.165) is 0 Å². The van der Waals surface area contributed by atoms with Crippen molar-refractivity contribution in [2.45, 2.75) is 44.4 Å². The lowest BCUT2D eigenvalue weighted by molar-refractivity contribution is -0.141. The van der Waals surface area contributed by atoms with Gasteiger partial charge in [-0.05, 0) is 13.8 Å². The molecule has 8 nitrogen and oxygen atoms in total. The van der Waals surface area contributed by atoms with E-state index in [1.165, 1.54) is 12.0 Å². The van der Waals surface area contributed by atoms with Crippen LogP contribution in [0.4, 0.5) is 4.79 Å². The maximum absolute atomic E-state index is 12.2. The second-order valence-electron chi connectivity index (χ2n) is 5.56. The molecule has 0 saturated carbocycles. The molecule has 8 heteroatoms. The zero-order valence-electron chi connectivity index (χ0n) is 11.9. The van der Waals surface area contributed by atoms with Crippen LogP contribution in [0.2, 0.25) is 0 Å². The highest BCUT2D eigenvalue weighted by atomic mass is 16.5. The van der Waals surface area contributed by atoms with Gasteiger partial charge < -0.3 is 25.8 Å². The molecule has 2 atom stereocenters. The number of urea groups is 1. The van der Waals surface area contributed by atoms with Crippen molar-refractivity contribution in [2.75, 3.05) is 13.7 Å². The van der Waals surface area contributed by atoms with Gasteiger partial charge in [0.1, 0.15) is 6.04 Å². The highest BCUT2D eigenvalue weighted by Gasteiger charge is 2.41. The van der Waals surface area contributed by atoms with E-state index in [-0.39, 0.29) is 25.5 Å². The van der Waals surface area contributed by atoms with Crippen LogP contribution in [0.3, 0.4) is 0 Å². The highest BCUT2D eigenvalue weighted by molar-refractivity contribution is 5.84. The van der Waals surface area contributed by atoms with Gasteiger partial charge in [0.05, 0.1) is 6.10 Å². The Morgan fingerprint density at radius 1 is 1.45 bits per heavy atom. The van der Waals surface area contributed by atoms with Crippen LogP contribution in [0.1, 0.15) is 26.7 Å². The first-order valence-electron chi connectivity index (χ1n) is 6.29. The van der Waals surface area contributed by atoms with Crippen molar-refractivity contribution < 1.29 is 24.2 Å². The van der Waals surface area contributed by atoms with Crippen LogP contribution in [-0.4, -0.2) is 59.3 Å². The number of carbonyl (C=O) groups excluding carboxylic acids is 2. The third-order valence-electron chi connectivity index (χ3n) is 3.20. The van der Waals surface area contributed by atoms with Crippen LogP contribution >= 0.6 is 0 Å². The van der Waals surface area contributed by atoms with Gasteiger partial charge in [0.25, 0.3) is 0 Å². The van der Waals surface area contributed by atoms with Crippen LogP contribution in [0.25, 0.3) is 0 Å². The molecule has 0 aliphatic carbocycles. The molecule has 1 aliphatic rings. The minimum Gasteiger partial charge on any atom is -0.480 e. The Hall–Kier alpha value is -1.83. The van der Waals surface area contributed by atoms with Gasteiger partial charge >= 0.3 is 12.0 Å². The van der Waals surface area contributed by atoms with Gasteiger partial charge in [0.15, 0.2) is 0 Å². The Morgan fingerprint density at radius 3 is 2.50 bits per heavy atom. The van der Waals surface area contributed by atoms with Gasteiger partial charge in [-0.3, -0.25) is 4.79 Å². The Labute approximate surface area is 117 Å². The first-order chi connectivity index (χ1) is 9.16. The van der Waals surface area contributed by atoms with Gasteiger partial charge in [-0.2, -0.15) is 0 Å². The molecule has 0 radical (unpaired) electrons. The summed E-state index contributed by atoms with van der Waals surface area (Å²) in [5.41, 5.74) is 4.27. The van der Waals surface area contributed by atoms with Crippen molar-refractivity contribution in [2.24, 2.45) is 5.73 Å². The van der Waals surface area contributed by atoms with Crippen LogP contribution in [-0.2, 0) is 14.3 Å². The summed E-state index contributed by atoms with van der Waals surface area (Å²) in [6, 6.07) is -1.47. The predicted octanol–water partition coefficient (Wildman–Crippen LogP) is -0.476. The largest absolute Gasteiger partial charge is 0.480 e. The monoisotopic (exact) mass is 287 g/mol. The fourth-order valence-electron chi connectivity index (χ4n) is 2.27. The van der Waals surface area contributed by atoms with Crippen LogP contribution in [0.15, 0.2) is 0 Å². The molecule has 0 bridgehead atoms. The predicted molar refractivity (Wildman–Crippen MR) is 70.0 cm³/mol. The zero-order chi connectivity index (χ0) is 15.5. The van der Waals surface area contributed by atoms with E-state index in [1.807, 2.05) is 0 Å². The lowest BCUT2D eigenvalue weighted by Gasteiger charge is -2.29. The number of rotatable bonds is 5. The van der Waals surface area contributed by atoms with Gasteiger partial charge in [-0.1, -0.05) is 0 Å². The summed E-state index contributed by atoms with van der Waals surface area (Å²) < 4.78 is 5.11. The van der Waals surface area contributed by atoms with Crippen LogP contribution in [0.5, 0.6) is 0 Å². The second-order valence-corrected chi connectivity index (χ2v) is 5.56. The first kappa shape index (κ1) is 16.2. The van der Waals surface area contributed by atoms with E-state index >= 15 is 0 Å². The number of hydrogen-bond acceptors (Lipinski definition) is 4. The minimum absolute atomic E-state index is 0.0297. The molecule has 4 N–H and O–H groups in total. The minimum atomic E-state index is -1.08. The number of likely N-dealkylation sites (tertiary alicyclic amines) is 1. The van der Waals surface area contributed by atoms with Crippen molar-refractivity contribution in [1.29, 1.82) is 0 Å². The molecule has 3 amide bonds. The van der Waals surface area contributed by atoms with Gasteiger partial charge in [-0.25, -0.2) is 9.59 Å². The van der Waals surface area contributed by atoms with Crippen molar-refractivity contribution in [3.63, 3.8) is 0 Å². The number of carbonyl (C=O) groups is 3. The number of carboxylic acid groups (broad SMARTS) is 1. The Kier molecular flexibility index (Phi) is 4.93. The molecule has 1 fully saturated rings. The van der Waals surface area contributed by atoms with Gasteiger partial charge in [0.2, 0.25) is 5.91 Å². The maximum atomic E-state index is 12.2. The molecule has 20 heavy (non-hydrogen) atoms. The van der Waals surface area contributed by atoms with Crippen LogP contribution in [0, 0.1) is 0 Å². The van der Waals surface area contributed by atoms with E-state index in [0.29, 0.717) is 0 Å². The zero-order valence-corrected chi connectivity index (χ0v) is 11.9. The van der Waals surface area contributed by atoms with Crippen molar-refractivity contribution in [1.82, 2.24) is 10.2 Å². The number of amides is 3. The lowest BCUT2D eigenvalue weighted by atomic mass is 10.0. The molecular weight excluding hydrogens is 266 g/mol. The Morgan fingerprint density at radius 2 is 2.05 bits per heavy atom. The summed E-state index contributed by atoms with van der Waals surface area (Å²) in [5, 5.41) is 11.8. The number of aliphatic carboxylic acids is 1. The fraction of sp³-hybridized carbons (Fsp3) is 0.750. The molecule has 2 unspecified atom stereocenters. The van der Waals surface area contributed by atoms with Crippen molar-refractivity contribution >= 4 is 17.9 Å². The number of nitrogens with two attached hydrogens (primary N) is 1. The number of ether oxygens (including phenoxy) is 1. The summed E-state index contributed by atoms with van der Waals surface area (Å²) >= 11 is 0. The molecule has 0 aromatic heterocycles. The van der Waals surface area contributed by atoms with Crippen LogP contribution < -0.4 is 11.1 Å². The molecular formula is C12H21N3O5. The molecule has 0 aromatic rings. The van der Waals surface area contributed by atoms with Crippen molar-refractivity contribution in [3.8, 4) is 0 Å². The first-order valence-corrected chi connectivity index (χ1v) is 6.29. The molecule has 1 heterocycles. The van der Waals surface area contributed by atoms with E-state index in [4.69, 9.17) is 15.6 Å². The maximum Gasteiger partial charge on any atom is 0.326 e. The average Bonchev–Trinajstić information content (AvgIpc) is 2.70. The molecule has 0 spiro atoms. The van der Waals surface area contributed by atoms with E-state index in [2.05, 4.69) is 5.32 Å². The van der Waals surface area contributed by atoms with Gasteiger partial charge in [-0.15, -0.1) is 0 Å². The topological polar surface area (TPSA) is 122 Å². The molecule has 1 saturated heterocycles. The molecule has 1 rings (SSSR count). The third-order valence-corrected chi connectivity index (χ3v) is 3.20. The second kappa shape index (κ2) is 6.08. The van der Waals surface area contributed by atoms with E-state index < -0.39 is 29.5 Å². The fourth-order valence-corrected chi connectivity index (χ4v) is 2.27. The smallest absolute Gasteiger partial charge is 0.326 e. The summed E-state index contributed by atoms with van der Waals surface area (Å²) in [7, 11) is 1.47. The van der Waals surface area contributed by atoms with Gasteiger partial charge in [0, 0.05) is 32.0 Å². The SMILES string of the molecule is COC1CC(C(=O)O)N(C(=O)NC(C)(C)CC(N)=O)C1. The quantitative estimate of drug-likeness (QED) is 0.630. The Balaban J connectivity index is 2.74. The number of carboxylic acids is 1. The molecule has 114 valence electrons. The molecule has 0 aromatic carbocycles. The lowest BCUT2D eigenvalue weighted by Crippen LogP contribution is -2.54. The Bertz CT molecular complexity index is 410. The number of primary amides is 1. The van der Waals surface area contributed by atoms with E-state index in [9.17, 15) is 14.4 Å². The number of nitrogens with one attached hydrogen (secondary N) is 1. The number of nitrogens with zero attached hydrogens (tertiary/aromatic N) is 1. The summed E-state index contributed by atoms with van der Waals surface area (Å²) in [4.78, 5) is 35.5. The standard InChI is InChI=1S/C12H21N3O5/c1-12(2,5-9(13)16)14-11(19)15-6-7(20-3)4-8(15)10(17)18/h7-8H,4-6H2,1-3H3,(H2,13,16)(H,14,19)(H,17,18). The third kappa shape index (κ3) is 4.09. The summed E-state index contributed by atoms with van der Waals surface area (Å²) in [6.45, 7) is 3.50. The molecule has 1 aliphatic heterocycles. The normalized spacial score (nSPS) is 22.6. The average molecular weight is 287 g/mol. The highest BCUT2D eigenvalue weighted by Crippen LogP contribution is 2.21. The number of methoxy groups -OCH3 is 1. The number of hydrogen-bond donors (Lipinski definition) is 3.